The number of aryl methyl sites for hydroxylation is 1. The van der Waals surface area contributed by atoms with Crippen LogP contribution in [0.1, 0.15) is 21.5 Å². The molecule has 5 heteroatoms. The molecule has 2 aromatic rings. The number of nitrogens with zero attached hydrogens (tertiary/aromatic N) is 1. The molecule has 0 aliphatic carbocycles. The third kappa shape index (κ3) is 3.12. The first-order valence-corrected chi connectivity index (χ1v) is 6.15. The maximum atomic E-state index is 11.3. The van der Waals surface area contributed by atoms with Crippen LogP contribution in [0.3, 0.4) is 0 Å². The van der Waals surface area contributed by atoms with Gasteiger partial charge in [-0.05, 0) is 42.8 Å². The second kappa shape index (κ2) is 5.97. The number of ether oxygens (including phenoxy) is 2. The molecule has 0 aromatic heterocycles. The summed E-state index contributed by atoms with van der Waals surface area (Å²) in [6.07, 6.45) is 0. The lowest BCUT2D eigenvalue weighted by molar-refractivity contribution is 0.0693. The van der Waals surface area contributed by atoms with Crippen LogP contribution >= 0.6 is 0 Å². The standard InChI is InChI=1S/C16H13NO4/c1-10-3-5-14(11(7-10)9-17)21-15-6-4-12(20-2)8-13(15)16(18)19/h3-8H,1-2H3,(H,18,19). The quantitative estimate of drug-likeness (QED) is 0.930. The van der Waals surface area contributed by atoms with Crippen molar-refractivity contribution < 1.29 is 19.4 Å². The zero-order chi connectivity index (χ0) is 15.4. The monoisotopic (exact) mass is 283 g/mol. The van der Waals surface area contributed by atoms with Crippen molar-refractivity contribution in [2.45, 2.75) is 6.92 Å². The third-order valence-corrected chi connectivity index (χ3v) is 2.89. The first-order valence-electron chi connectivity index (χ1n) is 6.15. The average molecular weight is 283 g/mol. The van der Waals surface area contributed by atoms with Gasteiger partial charge in [-0.25, -0.2) is 4.79 Å². The molecule has 0 fully saturated rings. The van der Waals surface area contributed by atoms with E-state index >= 15 is 0 Å². The molecule has 1 N–H and O–H groups in total. The highest BCUT2D eigenvalue weighted by Gasteiger charge is 2.15. The molecule has 106 valence electrons. The molecule has 0 heterocycles. The van der Waals surface area contributed by atoms with Crippen molar-refractivity contribution in [1.29, 1.82) is 5.26 Å². The van der Waals surface area contributed by atoms with Crippen LogP contribution in [0, 0.1) is 18.3 Å². The molecule has 0 atom stereocenters. The van der Waals surface area contributed by atoms with E-state index in [9.17, 15) is 9.90 Å². The van der Waals surface area contributed by atoms with E-state index < -0.39 is 5.97 Å². The summed E-state index contributed by atoms with van der Waals surface area (Å²) in [5.41, 5.74) is 1.24. The maximum Gasteiger partial charge on any atom is 0.339 e. The van der Waals surface area contributed by atoms with E-state index in [1.54, 1.807) is 24.3 Å². The highest BCUT2D eigenvalue weighted by molar-refractivity contribution is 5.91. The minimum atomic E-state index is -1.13. The lowest BCUT2D eigenvalue weighted by atomic mass is 10.1. The Morgan fingerprint density at radius 3 is 2.52 bits per heavy atom. The molecule has 0 aliphatic heterocycles. The molecule has 0 spiro atoms. The van der Waals surface area contributed by atoms with Gasteiger partial charge in [0.25, 0.3) is 0 Å². The van der Waals surface area contributed by atoms with Crippen LogP contribution in [-0.4, -0.2) is 18.2 Å². The first kappa shape index (κ1) is 14.4. The molecule has 0 saturated carbocycles. The van der Waals surface area contributed by atoms with Crippen LogP contribution in [-0.2, 0) is 0 Å². The maximum absolute atomic E-state index is 11.3. The van der Waals surface area contributed by atoms with Gasteiger partial charge in [0, 0.05) is 0 Å². The highest BCUT2D eigenvalue weighted by atomic mass is 16.5. The molecule has 2 aromatic carbocycles. The Morgan fingerprint density at radius 1 is 1.19 bits per heavy atom. The van der Waals surface area contributed by atoms with Crippen LogP contribution in [0.15, 0.2) is 36.4 Å². The Kier molecular flexibility index (Phi) is 4.10. The number of nitriles is 1. The van der Waals surface area contributed by atoms with Gasteiger partial charge in [-0.1, -0.05) is 6.07 Å². The van der Waals surface area contributed by atoms with Gasteiger partial charge in [0.15, 0.2) is 0 Å². The van der Waals surface area contributed by atoms with Gasteiger partial charge in [0.2, 0.25) is 0 Å². The van der Waals surface area contributed by atoms with Crippen molar-refractivity contribution in [2.75, 3.05) is 7.11 Å². The molecule has 0 saturated heterocycles. The minimum Gasteiger partial charge on any atom is -0.497 e. The Morgan fingerprint density at radius 2 is 1.90 bits per heavy atom. The van der Waals surface area contributed by atoms with Crippen LogP contribution in [0.25, 0.3) is 0 Å². The van der Waals surface area contributed by atoms with Gasteiger partial charge >= 0.3 is 5.97 Å². The van der Waals surface area contributed by atoms with Crippen molar-refractivity contribution >= 4 is 5.97 Å². The molecule has 0 radical (unpaired) electrons. The Balaban J connectivity index is 2.45. The molecule has 0 amide bonds. The number of carboxylic acids is 1. The Hall–Kier alpha value is -3.00. The van der Waals surface area contributed by atoms with E-state index in [0.29, 0.717) is 17.1 Å². The average Bonchev–Trinajstić information content (AvgIpc) is 2.49. The highest BCUT2D eigenvalue weighted by Crippen LogP contribution is 2.31. The zero-order valence-corrected chi connectivity index (χ0v) is 11.6. The molecule has 0 unspecified atom stereocenters. The smallest absolute Gasteiger partial charge is 0.339 e. The van der Waals surface area contributed by atoms with E-state index in [4.69, 9.17) is 14.7 Å². The lowest BCUT2D eigenvalue weighted by Gasteiger charge is -2.11. The van der Waals surface area contributed by atoms with E-state index in [-0.39, 0.29) is 11.3 Å². The first-order chi connectivity index (χ1) is 10.0. The fourth-order valence-corrected chi connectivity index (χ4v) is 1.83. The summed E-state index contributed by atoms with van der Waals surface area (Å²) in [5.74, 6) is -0.238. The van der Waals surface area contributed by atoms with Crippen molar-refractivity contribution in [3.63, 3.8) is 0 Å². The summed E-state index contributed by atoms with van der Waals surface area (Å²) in [7, 11) is 1.45. The lowest BCUT2D eigenvalue weighted by Crippen LogP contribution is -2.01. The van der Waals surface area contributed by atoms with Crippen LogP contribution in [0.5, 0.6) is 17.2 Å². The van der Waals surface area contributed by atoms with E-state index in [2.05, 4.69) is 0 Å². The van der Waals surface area contributed by atoms with Crippen LogP contribution < -0.4 is 9.47 Å². The molecule has 5 nitrogen and oxygen atoms in total. The molecule has 0 bridgehead atoms. The topological polar surface area (TPSA) is 79.5 Å². The zero-order valence-electron chi connectivity index (χ0n) is 11.6. The van der Waals surface area contributed by atoms with Gasteiger partial charge in [-0.15, -0.1) is 0 Å². The minimum absolute atomic E-state index is 0.0289. The number of hydrogen-bond donors (Lipinski definition) is 1. The van der Waals surface area contributed by atoms with E-state index in [0.717, 1.165) is 5.56 Å². The largest absolute Gasteiger partial charge is 0.497 e. The van der Waals surface area contributed by atoms with Gasteiger partial charge in [-0.3, -0.25) is 0 Å². The second-order valence-corrected chi connectivity index (χ2v) is 4.38. The summed E-state index contributed by atoms with van der Waals surface area (Å²) in [6.45, 7) is 1.86. The van der Waals surface area contributed by atoms with Gasteiger partial charge < -0.3 is 14.6 Å². The number of benzene rings is 2. The fraction of sp³-hybridized carbons (Fsp3) is 0.125. The van der Waals surface area contributed by atoms with Crippen LogP contribution in [0.2, 0.25) is 0 Å². The van der Waals surface area contributed by atoms with Gasteiger partial charge in [0.1, 0.15) is 28.9 Å². The summed E-state index contributed by atoms with van der Waals surface area (Å²) >= 11 is 0. The van der Waals surface area contributed by atoms with Crippen molar-refractivity contribution in [3.05, 3.63) is 53.1 Å². The summed E-state index contributed by atoms with van der Waals surface area (Å²) in [6, 6.07) is 11.6. The van der Waals surface area contributed by atoms with Gasteiger partial charge in [-0.2, -0.15) is 5.26 Å². The van der Waals surface area contributed by atoms with Crippen molar-refractivity contribution in [1.82, 2.24) is 0 Å². The predicted octanol–water partition coefficient (Wildman–Crippen LogP) is 3.37. The van der Waals surface area contributed by atoms with Crippen molar-refractivity contribution in [2.24, 2.45) is 0 Å². The Bertz CT molecular complexity index is 732. The molecule has 2 rings (SSSR count). The Labute approximate surface area is 122 Å². The van der Waals surface area contributed by atoms with E-state index in [1.807, 2.05) is 13.0 Å². The molecule has 21 heavy (non-hydrogen) atoms. The molecular formula is C16H13NO4. The fourth-order valence-electron chi connectivity index (χ4n) is 1.83. The number of methoxy groups -OCH3 is 1. The number of rotatable bonds is 4. The van der Waals surface area contributed by atoms with Crippen LogP contribution in [0.4, 0.5) is 0 Å². The molecular weight excluding hydrogens is 270 g/mol. The number of hydrogen-bond acceptors (Lipinski definition) is 4. The summed E-state index contributed by atoms with van der Waals surface area (Å²) < 4.78 is 10.6. The van der Waals surface area contributed by atoms with E-state index in [1.165, 1.54) is 19.2 Å². The molecule has 0 aliphatic rings. The van der Waals surface area contributed by atoms with Crippen molar-refractivity contribution in [3.8, 4) is 23.3 Å². The SMILES string of the molecule is COc1ccc(Oc2ccc(C)cc2C#N)c(C(=O)O)c1. The predicted molar refractivity (Wildman–Crippen MR) is 75.9 cm³/mol. The normalized spacial score (nSPS) is 9.76. The summed E-state index contributed by atoms with van der Waals surface area (Å²) in [4.78, 5) is 11.3. The number of carboxylic acid groups (broad SMARTS) is 1. The third-order valence-electron chi connectivity index (χ3n) is 2.89. The summed E-state index contributed by atoms with van der Waals surface area (Å²) in [5, 5.41) is 18.3. The van der Waals surface area contributed by atoms with Gasteiger partial charge in [0.05, 0.1) is 12.7 Å². The number of carbonyl (C=O) groups is 1. The number of aromatic carboxylic acids is 1. The second-order valence-electron chi connectivity index (χ2n) is 4.38.